The zero-order chi connectivity index (χ0) is 18.9. The summed E-state index contributed by atoms with van der Waals surface area (Å²) in [6.07, 6.45) is 1.29. The molecule has 0 unspecified atom stereocenters. The van der Waals surface area contributed by atoms with Crippen LogP contribution < -0.4 is 10.1 Å². The number of alkyl halides is 2. The van der Waals surface area contributed by atoms with Gasteiger partial charge in [-0.1, -0.05) is 12.1 Å². The maximum atomic E-state index is 12.5. The standard InChI is InChI=1S/C17H16F2N2O4S/c1-2-24-13-8-4-3-7-12(13)21-14(22)10-25-16(23)11-6-5-9-20-15(11)26-17(18)19/h3-9,17H,2,10H2,1H3,(H,21,22). The molecule has 0 radical (unpaired) electrons. The molecule has 0 saturated heterocycles. The quantitative estimate of drug-likeness (QED) is 0.555. The van der Waals surface area contributed by atoms with Gasteiger partial charge < -0.3 is 14.8 Å². The number of nitrogens with zero attached hydrogens (tertiary/aromatic N) is 1. The molecule has 0 spiro atoms. The van der Waals surface area contributed by atoms with E-state index in [0.29, 0.717) is 18.0 Å². The second-order valence-corrected chi connectivity index (χ2v) is 5.77. The van der Waals surface area contributed by atoms with E-state index in [2.05, 4.69) is 10.3 Å². The molecular formula is C17H16F2N2O4S. The van der Waals surface area contributed by atoms with Crippen molar-refractivity contribution in [1.29, 1.82) is 0 Å². The average molecular weight is 382 g/mol. The van der Waals surface area contributed by atoms with Crippen LogP contribution in [0, 0.1) is 0 Å². The molecule has 6 nitrogen and oxygen atoms in total. The van der Waals surface area contributed by atoms with Gasteiger partial charge in [-0.15, -0.1) is 0 Å². The van der Waals surface area contributed by atoms with Crippen molar-refractivity contribution >= 4 is 29.3 Å². The van der Waals surface area contributed by atoms with Gasteiger partial charge in [-0.3, -0.25) is 4.79 Å². The molecule has 26 heavy (non-hydrogen) atoms. The van der Waals surface area contributed by atoms with Gasteiger partial charge in [-0.05, 0) is 43.0 Å². The number of thioether (sulfide) groups is 1. The van der Waals surface area contributed by atoms with Crippen molar-refractivity contribution in [3.05, 3.63) is 48.2 Å². The highest BCUT2D eigenvalue weighted by Crippen LogP contribution is 2.27. The number of para-hydroxylation sites is 2. The number of carbonyl (C=O) groups excluding carboxylic acids is 2. The zero-order valence-electron chi connectivity index (χ0n) is 13.8. The van der Waals surface area contributed by atoms with Gasteiger partial charge in [0.2, 0.25) is 0 Å². The van der Waals surface area contributed by atoms with Crippen LogP contribution in [0.4, 0.5) is 14.5 Å². The molecule has 0 aliphatic carbocycles. The molecule has 2 rings (SSSR count). The number of halogens is 2. The largest absolute Gasteiger partial charge is 0.492 e. The van der Waals surface area contributed by atoms with Crippen molar-refractivity contribution in [1.82, 2.24) is 4.98 Å². The number of benzene rings is 1. The summed E-state index contributed by atoms with van der Waals surface area (Å²) in [5, 5.41) is 2.41. The van der Waals surface area contributed by atoms with Gasteiger partial charge in [0, 0.05) is 6.20 Å². The van der Waals surface area contributed by atoms with Crippen LogP contribution in [0.2, 0.25) is 0 Å². The van der Waals surface area contributed by atoms with E-state index in [1.54, 1.807) is 24.3 Å². The Morgan fingerprint density at radius 3 is 2.73 bits per heavy atom. The Labute approximate surface area is 152 Å². The first kappa shape index (κ1) is 19.6. The van der Waals surface area contributed by atoms with Crippen LogP contribution >= 0.6 is 11.8 Å². The average Bonchev–Trinajstić information content (AvgIpc) is 2.61. The summed E-state index contributed by atoms with van der Waals surface area (Å²) in [5.41, 5.74) is 0.311. The van der Waals surface area contributed by atoms with E-state index in [0.717, 1.165) is 0 Å². The first-order valence-corrected chi connectivity index (χ1v) is 8.47. The van der Waals surface area contributed by atoms with Crippen LogP contribution in [0.25, 0.3) is 0 Å². The van der Waals surface area contributed by atoms with Gasteiger partial charge in [-0.25, -0.2) is 9.78 Å². The molecule has 0 atom stereocenters. The number of carbonyl (C=O) groups is 2. The fourth-order valence-corrected chi connectivity index (χ4v) is 2.54. The van der Waals surface area contributed by atoms with Crippen LogP contribution in [0.1, 0.15) is 17.3 Å². The molecular weight excluding hydrogens is 366 g/mol. The van der Waals surface area contributed by atoms with Crippen molar-refractivity contribution in [2.24, 2.45) is 0 Å². The third kappa shape index (κ3) is 5.69. The van der Waals surface area contributed by atoms with Crippen LogP contribution in [-0.4, -0.2) is 35.8 Å². The van der Waals surface area contributed by atoms with Gasteiger partial charge in [0.15, 0.2) is 6.61 Å². The number of aromatic nitrogens is 1. The van der Waals surface area contributed by atoms with Crippen molar-refractivity contribution in [2.45, 2.75) is 17.7 Å². The lowest BCUT2D eigenvalue weighted by Crippen LogP contribution is -2.21. The predicted molar refractivity (Wildman–Crippen MR) is 92.6 cm³/mol. The van der Waals surface area contributed by atoms with E-state index in [1.807, 2.05) is 6.92 Å². The normalized spacial score (nSPS) is 10.5. The van der Waals surface area contributed by atoms with Gasteiger partial charge >= 0.3 is 5.97 Å². The van der Waals surface area contributed by atoms with Gasteiger partial charge in [0.25, 0.3) is 11.7 Å². The minimum absolute atomic E-state index is 0.125. The molecule has 138 valence electrons. The molecule has 1 N–H and O–H groups in total. The van der Waals surface area contributed by atoms with E-state index in [1.165, 1.54) is 18.3 Å². The van der Waals surface area contributed by atoms with E-state index in [4.69, 9.17) is 9.47 Å². The lowest BCUT2D eigenvalue weighted by Gasteiger charge is -2.12. The Kier molecular flexibility index (Phi) is 7.34. The van der Waals surface area contributed by atoms with Crippen molar-refractivity contribution < 1.29 is 27.8 Å². The van der Waals surface area contributed by atoms with Crippen LogP contribution in [0.3, 0.4) is 0 Å². The minimum atomic E-state index is -2.73. The molecule has 1 aromatic carbocycles. The second kappa shape index (κ2) is 9.71. The number of nitrogens with one attached hydrogen (secondary N) is 1. The highest BCUT2D eigenvalue weighted by atomic mass is 32.2. The molecule has 9 heteroatoms. The first-order valence-electron chi connectivity index (χ1n) is 7.60. The lowest BCUT2D eigenvalue weighted by molar-refractivity contribution is -0.119. The summed E-state index contributed by atoms with van der Waals surface area (Å²) in [5.74, 6) is -3.74. The monoisotopic (exact) mass is 382 g/mol. The Hall–Kier alpha value is -2.68. The summed E-state index contributed by atoms with van der Waals surface area (Å²) in [7, 11) is 0. The maximum Gasteiger partial charge on any atom is 0.341 e. The van der Waals surface area contributed by atoms with E-state index < -0.39 is 24.2 Å². The zero-order valence-corrected chi connectivity index (χ0v) is 14.6. The van der Waals surface area contributed by atoms with E-state index >= 15 is 0 Å². The number of amides is 1. The Bertz CT molecular complexity index is 774. The molecule has 0 bridgehead atoms. The highest BCUT2D eigenvalue weighted by Gasteiger charge is 2.19. The fraction of sp³-hybridized carbons (Fsp3) is 0.235. The van der Waals surface area contributed by atoms with Crippen LogP contribution in [-0.2, 0) is 9.53 Å². The molecule has 1 heterocycles. The molecule has 1 aromatic heterocycles. The minimum Gasteiger partial charge on any atom is -0.492 e. The Morgan fingerprint density at radius 2 is 2.00 bits per heavy atom. The first-order chi connectivity index (χ1) is 12.5. The molecule has 2 aromatic rings. The summed E-state index contributed by atoms with van der Waals surface area (Å²) in [6.45, 7) is 1.66. The van der Waals surface area contributed by atoms with E-state index in [-0.39, 0.29) is 22.4 Å². The number of pyridine rings is 1. The summed E-state index contributed by atoms with van der Waals surface area (Å²) >= 11 is 0.135. The third-order valence-corrected chi connectivity index (χ3v) is 3.71. The van der Waals surface area contributed by atoms with Crippen molar-refractivity contribution in [2.75, 3.05) is 18.5 Å². The number of esters is 1. The summed E-state index contributed by atoms with van der Waals surface area (Å²) < 4.78 is 35.3. The second-order valence-electron chi connectivity index (χ2n) is 4.79. The van der Waals surface area contributed by atoms with E-state index in [9.17, 15) is 18.4 Å². The molecule has 0 aliphatic rings. The maximum absolute atomic E-state index is 12.5. The van der Waals surface area contributed by atoms with Gasteiger partial charge in [0.1, 0.15) is 10.8 Å². The molecule has 0 fully saturated rings. The van der Waals surface area contributed by atoms with Crippen LogP contribution in [0.5, 0.6) is 5.75 Å². The third-order valence-electron chi connectivity index (χ3n) is 2.99. The highest BCUT2D eigenvalue weighted by molar-refractivity contribution is 7.99. The number of hydrogen-bond donors (Lipinski definition) is 1. The molecule has 1 amide bonds. The Morgan fingerprint density at radius 1 is 1.23 bits per heavy atom. The fourth-order valence-electron chi connectivity index (χ4n) is 1.97. The number of hydrogen-bond acceptors (Lipinski definition) is 6. The summed E-state index contributed by atoms with van der Waals surface area (Å²) in [6, 6.07) is 9.53. The number of ether oxygens (including phenoxy) is 2. The molecule has 0 aliphatic heterocycles. The lowest BCUT2D eigenvalue weighted by atomic mass is 10.3. The van der Waals surface area contributed by atoms with Gasteiger partial charge in [0.05, 0.1) is 17.9 Å². The number of rotatable bonds is 8. The number of anilines is 1. The Balaban J connectivity index is 1.97. The SMILES string of the molecule is CCOc1ccccc1NC(=O)COC(=O)c1cccnc1SC(F)F. The smallest absolute Gasteiger partial charge is 0.341 e. The topological polar surface area (TPSA) is 77.5 Å². The van der Waals surface area contributed by atoms with Crippen molar-refractivity contribution in [3.8, 4) is 5.75 Å². The van der Waals surface area contributed by atoms with Crippen LogP contribution in [0.15, 0.2) is 47.6 Å². The predicted octanol–water partition coefficient (Wildman–Crippen LogP) is 3.59. The van der Waals surface area contributed by atoms with Gasteiger partial charge in [-0.2, -0.15) is 8.78 Å². The summed E-state index contributed by atoms with van der Waals surface area (Å²) in [4.78, 5) is 27.8. The van der Waals surface area contributed by atoms with Crippen molar-refractivity contribution in [3.63, 3.8) is 0 Å². The molecule has 0 saturated carbocycles.